The summed E-state index contributed by atoms with van der Waals surface area (Å²) in [4.78, 5) is 23.5. The van der Waals surface area contributed by atoms with Crippen LogP contribution in [0.3, 0.4) is 0 Å². The molecular formula is C26H38FN5O4S. The standard InChI is InChI=1S/C26H36FN5O4S.H2/c1-16-14-26(3,4)32(15-16)23-19(24(33)31-37(34,35)22-12-8-11-21(28)29-22)13-20(27)25(30-23)36-17(2)18-9-6-5-7-10-18;/h8,11-13,16-18H,5-7,9-10,14-15H2,1-4H3,(H2,28,29)(H,31,33);1H/t16-,17?;/m0./s1. The van der Waals surface area contributed by atoms with Gasteiger partial charge in [0.2, 0.25) is 0 Å². The maximum atomic E-state index is 15.3. The zero-order valence-corrected chi connectivity index (χ0v) is 22.6. The van der Waals surface area contributed by atoms with E-state index in [1.807, 2.05) is 30.4 Å². The predicted molar refractivity (Wildman–Crippen MR) is 141 cm³/mol. The number of nitrogens with one attached hydrogen (secondary N) is 1. The molecule has 37 heavy (non-hydrogen) atoms. The fourth-order valence-electron chi connectivity index (χ4n) is 5.56. The quantitative estimate of drug-likeness (QED) is 0.529. The summed E-state index contributed by atoms with van der Waals surface area (Å²) in [5.41, 5.74) is 5.03. The van der Waals surface area contributed by atoms with Crippen molar-refractivity contribution in [2.24, 2.45) is 11.8 Å². The third kappa shape index (κ3) is 5.97. The van der Waals surface area contributed by atoms with E-state index >= 15 is 4.39 Å². The van der Waals surface area contributed by atoms with Crippen LogP contribution < -0.4 is 20.1 Å². The molecule has 0 bridgehead atoms. The molecule has 3 heterocycles. The summed E-state index contributed by atoms with van der Waals surface area (Å²) in [6, 6.07) is 5.09. The van der Waals surface area contributed by atoms with Gasteiger partial charge in [0.25, 0.3) is 21.8 Å². The second kappa shape index (κ2) is 10.4. The molecule has 0 radical (unpaired) electrons. The Labute approximate surface area is 219 Å². The predicted octanol–water partition coefficient (Wildman–Crippen LogP) is 4.54. The fraction of sp³-hybridized carbons (Fsp3) is 0.577. The van der Waals surface area contributed by atoms with Crippen LogP contribution in [0.25, 0.3) is 0 Å². The largest absolute Gasteiger partial charge is 0.472 e. The van der Waals surface area contributed by atoms with Crippen LogP contribution in [-0.2, 0) is 10.0 Å². The van der Waals surface area contributed by atoms with Crippen molar-refractivity contribution < 1.29 is 23.8 Å². The molecule has 3 N–H and O–H groups in total. The molecule has 2 fully saturated rings. The van der Waals surface area contributed by atoms with Gasteiger partial charge in [0.1, 0.15) is 17.7 Å². The number of rotatable bonds is 7. The molecule has 2 aromatic heterocycles. The highest BCUT2D eigenvalue weighted by atomic mass is 32.2. The smallest absolute Gasteiger partial charge is 0.281 e. The van der Waals surface area contributed by atoms with E-state index in [4.69, 9.17) is 10.5 Å². The van der Waals surface area contributed by atoms with Gasteiger partial charge >= 0.3 is 0 Å². The number of amides is 1. The van der Waals surface area contributed by atoms with Gasteiger partial charge in [0.15, 0.2) is 10.8 Å². The molecular weight excluding hydrogens is 497 g/mol. The van der Waals surface area contributed by atoms with Crippen molar-refractivity contribution in [3.8, 4) is 5.88 Å². The maximum Gasteiger partial charge on any atom is 0.281 e. The number of anilines is 2. The van der Waals surface area contributed by atoms with Crippen molar-refractivity contribution >= 4 is 27.6 Å². The summed E-state index contributed by atoms with van der Waals surface area (Å²) in [5, 5.41) is -0.410. The van der Waals surface area contributed by atoms with Gasteiger partial charge in [-0.25, -0.2) is 14.1 Å². The lowest BCUT2D eigenvalue weighted by atomic mass is 9.86. The maximum absolute atomic E-state index is 15.3. The molecule has 2 aliphatic rings. The number of hydrogen-bond donors (Lipinski definition) is 2. The van der Waals surface area contributed by atoms with Crippen molar-refractivity contribution in [1.29, 1.82) is 0 Å². The fourth-order valence-corrected chi connectivity index (χ4v) is 6.51. The molecule has 2 atom stereocenters. The van der Waals surface area contributed by atoms with Gasteiger partial charge in [-0.05, 0) is 70.1 Å². The van der Waals surface area contributed by atoms with E-state index in [0.29, 0.717) is 18.4 Å². The van der Waals surface area contributed by atoms with Gasteiger partial charge in [0, 0.05) is 13.5 Å². The Balaban J connectivity index is 0.00000400. The lowest BCUT2D eigenvalue weighted by molar-refractivity contribution is 0.0979. The van der Waals surface area contributed by atoms with Crippen LogP contribution in [-0.4, -0.2) is 42.5 Å². The summed E-state index contributed by atoms with van der Waals surface area (Å²) in [7, 11) is -4.36. The number of hydrogen-bond acceptors (Lipinski definition) is 8. The number of sulfonamides is 1. The van der Waals surface area contributed by atoms with Crippen molar-refractivity contribution in [3.05, 3.63) is 35.6 Å². The van der Waals surface area contributed by atoms with Crippen LogP contribution in [0.15, 0.2) is 29.3 Å². The number of aromatic nitrogens is 2. The van der Waals surface area contributed by atoms with Gasteiger partial charge in [-0.3, -0.25) is 4.79 Å². The van der Waals surface area contributed by atoms with Crippen LogP contribution in [0.2, 0.25) is 0 Å². The number of carbonyl (C=O) groups excluding carboxylic acids is 1. The second-order valence-electron chi connectivity index (χ2n) is 10.9. The Morgan fingerprint density at radius 2 is 1.97 bits per heavy atom. The number of nitrogen functional groups attached to an aromatic ring is 1. The van der Waals surface area contributed by atoms with Crippen molar-refractivity contribution in [2.45, 2.75) is 82.9 Å². The second-order valence-corrected chi connectivity index (χ2v) is 12.6. The third-order valence-electron chi connectivity index (χ3n) is 7.36. The molecule has 204 valence electrons. The summed E-state index contributed by atoms with van der Waals surface area (Å²) in [6.45, 7) is 8.62. The highest BCUT2D eigenvalue weighted by Gasteiger charge is 2.40. The molecule has 0 aromatic carbocycles. The minimum atomic E-state index is -4.36. The number of nitrogens with two attached hydrogens (primary N) is 1. The molecule has 1 unspecified atom stereocenters. The van der Waals surface area contributed by atoms with Gasteiger partial charge in [0.05, 0.1) is 5.56 Å². The molecule has 1 amide bonds. The minimum absolute atomic E-state index is 0. The lowest BCUT2D eigenvalue weighted by Crippen LogP contribution is -2.41. The molecule has 11 heteroatoms. The first-order valence-electron chi connectivity index (χ1n) is 12.8. The van der Waals surface area contributed by atoms with E-state index in [1.54, 1.807) is 0 Å². The Morgan fingerprint density at radius 3 is 2.59 bits per heavy atom. The van der Waals surface area contributed by atoms with E-state index in [0.717, 1.165) is 38.2 Å². The summed E-state index contributed by atoms with van der Waals surface area (Å²) >= 11 is 0. The molecule has 1 saturated carbocycles. The normalized spacial score (nSPS) is 21.0. The van der Waals surface area contributed by atoms with Crippen LogP contribution >= 0.6 is 0 Å². The molecule has 1 aliphatic heterocycles. The number of pyridine rings is 2. The van der Waals surface area contributed by atoms with E-state index in [-0.39, 0.29) is 36.1 Å². The number of nitrogens with zero attached hydrogens (tertiary/aromatic N) is 3. The molecule has 1 saturated heterocycles. The SMILES string of the molecule is CC(Oc1nc(N2C[C@@H](C)CC2(C)C)c(C(=O)NS(=O)(=O)c2cccc(N)n2)cc1F)C1CCCCC1.[HH]. The van der Waals surface area contributed by atoms with E-state index < -0.39 is 26.8 Å². The molecule has 1 aliphatic carbocycles. The molecule has 9 nitrogen and oxygen atoms in total. The topological polar surface area (TPSA) is 128 Å². The van der Waals surface area contributed by atoms with Gasteiger partial charge in [-0.15, -0.1) is 0 Å². The van der Waals surface area contributed by atoms with Crippen molar-refractivity contribution in [2.75, 3.05) is 17.2 Å². The average Bonchev–Trinajstić information content (AvgIpc) is 3.11. The van der Waals surface area contributed by atoms with E-state index in [9.17, 15) is 13.2 Å². The molecule has 0 spiro atoms. The zero-order chi connectivity index (χ0) is 27.0. The van der Waals surface area contributed by atoms with Crippen LogP contribution in [0, 0.1) is 17.7 Å². The van der Waals surface area contributed by atoms with E-state index in [2.05, 4.69) is 16.9 Å². The lowest BCUT2D eigenvalue weighted by Gasteiger charge is -2.34. The van der Waals surface area contributed by atoms with Crippen LogP contribution in [0.1, 0.15) is 78.0 Å². The number of carbonyl (C=O) groups is 1. The monoisotopic (exact) mass is 535 g/mol. The highest BCUT2D eigenvalue weighted by Crippen LogP contribution is 2.39. The molecule has 4 rings (SSSR count). The Bertz CT molecular complexity index is 1270. The van der Waals surface area contributed by atoms with Gasteiger partial charge < -0.3 is 15.4 Å². The number of halogens is 1. The zero-order valence-electron chi connectivity index (χ0n) is 21.8. The summed E-state index contributed by atoms with van der Waals surface area (Å²) in [5.74, 6) is -1.22. The Hall–Kier alpha value is -2.95. The summed E-state index contributed by atoms with van der Waals surface area (Å²) in [6.07, 6.45) is 6.05. The Kier molecular flexibility index (Phi) is 7.64. The Morgan fingerprint density at radius 1 is 1.27 bits per heavy atom. The van der Waals surface area contributed by atoms with Crippen molar-refractivity contribution in [3.63, 3.8) is 0 Å². The van der Waals surface area contributed by atoms with Crippen molar-refractivity contribution in [1.82, 2.24) is 14.7 Å². The van der Waals surface area contributed by atoms with Crippen LogP contribution in [0.4, 0.5) is 16.0 Å². The number of ether oxygens (including phenoxy) is 1. The first-order valence-corrected chi connectivity index (χ1v) is 14.3. The first-order chi connectivity index (χ1) is 17.4. The van der Waals surface area contributed by atoms with E-state index in [1.165, 1.54) is 24.6 Å². The molecule has 2 aromatic rings. The highest BCUT2D eigenvalue weighted by molar-refractivity contribution is 7.90. The average molecular weight is 536 g/mol. The summed E-state index contributed by atoms with van der Waals surface area (Å²) < 4.78 is 49.0. The third-order valence-corrected chi connectivity index (χ3v) is 8.59. The van der Waals surface area contributed by atoms with Crippen LogP contribution in [0.5, 0.6) is 5.88 Å². The minimum Gasteiger partial charge on any atom is -0.472 e. The van der Waals surface area contributed by atoms with Gasteiger partial charge in [-0.2, -0.15) is 13.4 Å². The van der Waals surface area contributed by atoms with Gasteiger partial charge in [-0.1, -0.05) is 32.3 Å². The first kappa shape index (κ1) is 27.1.